The molecule has 0 atom stereocenters. The summed E-state index contributed by atoms with van der Waals surface area (Å²) in [5, 5.41) is 5.76. The highest BCUT2D eigenvalue weighted by molar-refractivity contribution is 9.09. The lowest BCUT2D eigenvalue weighted by molar-refractivity contribution is -0.123. The quantitative estimate of drug-likeness (QED) is 0.843. The molecule has 0 unspecified atom stereocenters. The van der Waals surface area contributed by atoms with Crippen LogP contribution < -0.4 is 10.6 Å². The number of carbonyl (C=O) groups is 2. The van der Waals surface area contributed by atoms with Crippen molar-refractivity contribution in [3.63, 3.8) is 0 Å². The molecule has 0 radical (unpaired) electrons. The average molecular weight is 313 g/mol. The lowest BCUT2D eigenvalue weighted by Crippen LogP contribution is -2.27. The maximum atomic E-state index is 11.8. The highest BCUT2D eigenvalue weighted by atomic mass is 79.9. The van der Waals surface area contributed by atoms with Crippen LogP contribution in [0.1, 0.15) is 20.8 Å². The second-order valence-electron chi connectivity index (χ2n) is 4.97. The minimum atomic E-state index is -0.449. The Morgan fingerprint density at radius 3 is 2.22 bits per heavy atom. The van der Waals surface area contributed by atoms with Gasteiger partial charge in [-0.15, -0.1) is 0 Å². The van der Waals surface area contributed by atoms with Crippen molar-refractivity contribution in [2.45, 2.75) is 20.8 Å². The maximum absolute atomic E-state index is 11.8. The first-order valence-electron chi connectivity index (χ1n) is 5.60. The zero-order valence-electron chi connectivity index (χ0n) is 10.7. The standard InChI is InChI=1S/C13H17BrN2O2/c1-13(2,3)12(18)16-10-6-4-5-9(7-10)15-11(17)8-14/h4-7H,8H2,1-3H3,(H,15,17)(H,16,18). The molecule has 0 saturated carbocycles. The van der Waals surface area contributed by atoms with Crippen LogP contribution >= 0.6 is 15.9 Å². The molecule has 98 valence electrons. The predicted molar refractivity (Wildman–Crippen MR) is 77.0 cm³/mol. The SMILES string of the molecule is CC(C)(C)C(=O)Nc1cccc(NC(=O)CBr)c1. The number of carbonyl (C=O) groups excluding carboxylic acids is 2. The van der Waals surface area contributed by atoms with E-state index in [0.717, 1.165) is 0 Å². The Bertz CT molecular complexity index is 453. The Hall–Kier alpha value is -1.36. The lowest BCUT2D eigenvalue weighted by Gasteiger charge is -2.18. The Morgan fingerprint density at radius 1 is 1.17 bits per heavy atom. The van der Waals surface area contributed by atoms with Gasteiger partial charge in [0, 0.05) is 16.8 Å². The molecular weight excluding hydrogens is 296 g/mol. The van der Waals surface area contributed by atoms with Gasteiger partial charge in [0.25, 0.3) is 0 Å². The van der Waals surface area contributed by atoms with Crippen molar-refractivity contribution in [2.24, 2.45) is 5.41 Å². The van der Waals surface area contributed by atoms with E-state index in [-0.39, 0.29) is 17.1 Å². The van der Waals surface area contributed by atoms with E-state index in [1.54, 1.807) is 24.3 Å². The average Bonchev–Trinajstić information content (AvgIpc) is 2.28. The van der Waals surface area contributed by atoms with Crippen LogP contribution in [-0.2, 0) is 9.59 Å². The molecule has 1 aromatic carbocycles. The minimum absolute atomic E-state index is 0.0635. The van der Waals surface area contributed by atoms with E-state index in [9.17, 15) is 9.59 Å². The molecule has 0 aliphatic rings. The predicted octanol–water partition coefficient (Wildman–Crippen LogP) is 3.00. The first-order chi connectivity index (χ1) is 8.32. The van der Waals surface area contributed by atoms with Crippen LogP contribution in [0.25, 0.3) is 0 Å². The topological polar surface area (TPSA) is 58.2 Å². The highest BCUT2D eigenvalue weighted by Gasteiger charge is 2.21. The summed E-state index contributed by atoms with van der Waals surface area (Å²) >= 11 is 3.08. The summed E-state index contributed by atoms with van der Waals surface area (Å²) in [5.41, 5.74) is 0.878. The molecule has 1 rings (SSSR count). The molecule has 0 bridgehead atoms. The summed E-state index contributed by atoms with van der Waals surface area (Å²) < 4.78 is 0. The van der Waals surface area contributed by atoms with Gasteiger partial charge in [-0.2, -0.15) is 0 Å². The molecule has 2 amide bonds. The van der Waals surface area contributed by atoms with Crippen LogP contribution in [-0.4, -0.2) is 17.1 Å². The van der Waals surface area contributed by atoms with Crippen molar-refractivity contribution in [1.29, 1.82) is 0 Å². The van der Waals surface area contributed by atoms with Crippen LogP contribution in [0.2, 0.25) is 0 Å². The molecule has 0 fully saturated rings. The van der Waals surface area contributed by atoms with Crippen LogP contribution in [0.5, 0.6) is 0 Å². The summed E-state index contributed by atoms with van der Waals surface area (Å²) in [4.78, 5) is 23.0. The number of halogens is 1. The molecule has 0 aliphatic carbocycles. The monoisotopic (exact) mass is 312 g/mol. The summed E-state index contributed by atoms with van der Waals surface area (Å²) in [5.74, 6) is -0.194. The molecule has 0 saturated heterocycles. The summed E-state index contributed by atoms with van der Waals surface area (Å²) in [6.45, 7) is 5.54. The fourth-order valence-electron chi connectivity index (χ4n) is 1.19. The lowest BCUT2D eigenvalue weighted by atomic mass is 9.95. The van der Waals surface area contributed by atoms with E-state index in [4.69, 9.17) is 0 Å². The van der Waals surface area contributed by atoms with E-state index in [2.05, 4.69) is 26.6 Å². The first-order valence-corrected chi connectivity index (χ1v) is 6.72. The number of rotatable bonds is 3. The molecule has 2 N–H and O–H groups in total. The molecular formula is C13H17BrN2O2. The number of anilines is 2. The van der Waals surface area contributed by atoms with Crippen LogP contribution in [0.4, 0.5) is 11.4 Å². The van der Waals surface area contributed by atoms with Gasteiger partial charge in [0.05, 0.1) is 5.33 Å². The van der Waals surface area contributed by atoms with Crippen LogP contribution in [0.3, 0.4) is 0 Å². The van der Waals surface area contributed by atoms with Crippen molar-refractivity contribution in [3.8, 4) is 0 Å². The van der Waals surface area contributed by atoms with Gasteiger partial charge in [0.2, 0.25) is 11.8 Å². The molecule has 0 aliphatic heterocycles. The third-order valence-electron chi connectivity index (χ3n) is 2.21. The van der Waals surface area contributed by atoms with Crippen molar-refractivity contribution >= 4 is 39.1 Å². The number of hydrogen-bond donors (Lipinski definition) is 2. The Kier molecular flexibility index (Phi) is 4.90. The molecule has 5 heteroatoms. The van der Waals surface area contributed by atoms with Crippen molar-refractivity contribution in [2.75, 3.05) is 16.0 Å². The molecule has 0 aromatic heterocycles. The third kappa shape index (κ3) is 4.49. The number of amides is 2. The van der Waals surface area contributed by atoms with Gasteiger partial charge in [0.15, 0.2) is 0 Å². The summed E-state index contributed by atoms with van der Waals surface area (Å²) in [7, 11) is 0. The van der Waals surface area contributed by atoms with Gasteiger partial charge >= 0.3 is 0 Å². The Balaban J connectivity index is 2.77. The van der Waals surface area contributed by atoms with Crippen molar-refractivity contribution < 1.29 is 9.59 Å². The summed E-state index contributed by atoms with van der Waals surface area (Å²) in [6, 6.07) is 7.06. The van der Waals surface area contributed by atoms with E-state index >= 15 is 0 Å². The maximum Gasteiger partial charge on any atom is 0.235 e. The number of hydrogen-bond acceptors (Lipinski definition) is 2. The van der Waals surface area contributed by atoms with Crippen molar-refractivity contribution in [3.05, 3.63) is 24.3 Å². The van der Waals surface area contributed by atoms with Gasteiger partial charge in [-0.25, -0.2) is 0 Å². The van der Waals surface area contributed by atoms with E-state index < -0.39 is 5.41 Å². The second-order valence-corrected chi connectivity index (χ2v) is 5.53. The minimum Gasteiger partial charge on any atom is -0.326 e. The van der Waals surface area contributed by atoms with E-state index in [1.165, 1.54) is 0 Å². The number of alkyl halides is 1. The van der Waals surface area contributed by atoms with Gasteiger partial charge in [-0.05, 0) is 18.2 Å². The van der Waals surface area contributed by atoms with Gasteiger partial charge in [-0.1, -0.05) is 42.8 Å². The number of benzene rings is 1. The molecule has 4 nitrogen and oxygen atoms in total. The zero-order valence-corrected chi connectivity index (χ0v) is 12.3. The van der Waals surface area contributed by atoms with Crippen LogP contribution in [0, 0.1) is 5.41 Å². The zero-order chi connectivity index (χ0) is 13.8. The molecule has 1 aromatic rings. The highest BCUT2D eigenvalue weighted by Crippen LogP contribution is 2.19. The van der Waals surface area contributed by atoms with E-state index in [0.29, 0.717) is 11.4 Å². The summed E-state index contributed by atoms with van der Waals surface area (Å²) in [6.07, 6.45) is 0. The van der Waals surface area contributed by atoms with Crippen LogP contribution in [0.15, 0.2) is 24.3 Å². The Labute approximate surface area is 115 Å². The normalized spacial score (nSPS) is 10.9. The molecule has 0 spiro atoms. The largest absolute Gasteiger partial charge is 0.326 e. The van der Waals surface area contributed by atoms with E-state index in [1.807, 2.05) is 20.8 Å². The fraction of sp³-hybridized carbons (Fsp3) is 0.385. The fourth-order valence-corrected chi connectivity index (χ4v) is 1.33. The first kappa shape index (κ1) is 14.7. The number of nitrogens with one attached hydrogen (secondary N) is 2. The van der Waals surface area contributed by atoms with Gasteiger partial charge in [-0.3, -0.25) is 9.59 Å². The molecule has 0 heterocycles. The Morgan fingerprint density at radius 2 is 1.72 bits per heavy atom. The van der Waals surface area contributed by atoms with Crippen molar-refractivity contribution in [1.82, 2.24) is 0 Å². The molecule has 18 heavy (non-hydrogen) atoms. The smallest absolute Gasteiger partial charge is 0.235 e. The van der Waals surface area contributed by atoms with Gasteiger partial charge in [0.1, 0.15) is 0 Å². The third-order valence-corrected chi connectivity index (χ3v) is 2.72. The van der Waals surface area contributed by atoms with Gasteiger partial charge < -0.3 is 10.6 Å². The second kappa shape index (κ2) is 6.00.